The number of methoxy groups -OCH3 is 1. The van der Waals surface area contributed by atoms with Crippen molar-refractivity contribution in [3.8, 4) is 17.2 Å². The first-order valence-electron chi connectivity index (χ1n) is 9.02. The number of carbonyl (C=O) groups excluding carboxylic acids is 1. The van der Waals surface area contributed by atoms with Crippen molar-refractivity contribution in [2.45, 2.75) is 19.6 Å². The van der Waals surface area contributed by atoms with E-state index in [1.165, 1.54) is 5.56 Å². The molecular formula is C21H26N2O4. The highest BCUT2D eigenvalue weighted by molar-refractivity contribution is 5.78. The zero-order valence-corrected chi connectivity index (χ0v) is 16.0. The average Bonchev–Trinajstić information content (AvgIpc) is 2.66. The van der Waals surface area contributed by atoms with Crippen LogP contribution in [0.15, 0.2) is 42.5 Å². The molecule has 1 aliphatic heterocycles. The Balaban J connectivity index is 1.46. The number of likely N-dealkylation sites (N-methyl/N-ethyl adjacent to an activating group) is 1. The first kappa shape index (κ1) is 19.0. The second kappa shape index (κ2) is 8.77. The number of hydrogen-bond acceptors (Lipinski definition) is 5. The molecule has 144 valence electrons. The van der Waals surface area contributed by atoms with Gasteiger partial charge in [0.05, 0.1) is 20.2 Å². The number of benzene rings is 2. The van der Waals surface area contributed by atoms with Gasteiger partial charge < -0.3 is 19.5 Å². The molecule has 1 unspecified atom stereocenters. The van der Waals surface area contributed by atoms with Gasteiger partial charge in [-0.05, 0) is 32.2 Å². The second-order valence-electron chi connectivity index (χ2n) is 6.79. The van der Waals surface area contributed by atoms with Crippen LogP contribution in [0.5, 0.6) is 17.2 Å². The number of para-hydroxylation sites is 2. The maximum atomic E-state index is 12.3. The fraction of sp³-hybridized carbons (Fsp3) is 0.381. The van der Waals surface area contributed by atoms with Gasteiger partial charge >= 0.3 is 0 Å². The third-order valence-electron chi connectivity index (χ3n) is 4.38. The van der Waals surface area contributed by atoms with E-state index in [0.29, 0.717) is 32.0 Å². The molecule has 1 atom stereocenters. The molecule has 1 aliphatic rings. The summed E-state index contributed by atoms with van der Waals surface area (Å²) in [7, 11) is 3.57. The van der Waals surface area contributed by atoms with E-state index in [1.54, 1.807) is 7.11 Å². The van der Waals surface area contributed by atoms with Crippen LogP contribution in [0.1, 0.15) is 11.1 Å². The van der Waals surface area contributed by atoms with Crippen molar-refractivity contribution in [1.82, 2.24) is 10.2 Å². The van der Waals surface area contributed by atoms with Gasteiger partial charge in [0.1, 0.15) is 18.5 Å². The van der Waals surface area contributed by atoms with Crippen LogP contribution in [0.3, 0.4) is 0 Å². The van der Waals surface area contributed by atoms with E-state index in [9.17, 15) is 4.79 Å². The van der Waals surface area contributed by atoms with E-state index in [0.717, 1.165) is 17.1 Å². The van der Waals surface area contributed by atoms with Gasteiger partial charge in [-0.2, -0.15) is 0 Å². The molecule has 1 heterocycles. The monoisotopic (exact) mass is 370 g/mol. The molecule has 0 aliphatic carbocycles. The quantitative estimate of drug-likeness (QED) is 0.811. The highest BCUT2D eigenvalue weighted by Crippen LogP contribution is 2.30. The molecule has 1 N–H and O–H groups in total. The lowest BCUT2D eigenvalue weighted by atomic mass is 10.1. The van der Waals surface area contributed by atoms with Crippen LogP contribution in [0.4, 0.5) is 0 Å². The van der Waals surface area contributed by atoms with E-state index in [1.807, 2.05) is 55.3 Å². The first-order chi connectivity index (χ1) is 13.0. The maximum absolute atomic E-state index is 12.3. The van der Waals surface area contributed by atoms with E-state index in [-0.39, 0.29) is 12.0 Å². The maximum Gasteiger partial charge on any atom is 0.234 e. The molecule has 2 aromatic carbocycles. The number of nitrogens with zero attached hydrogens (tertiary/aromatic N) is 1. The fourth-order valence-electron chi connectivity index (χ4n) is 3.07. The van der Waals surface area contributed by atoms with Crippen molar-refractivity contribution < 1.29 is 19.0 Å². The summed E-state index contributed by atoms with van der Waals surface area (Å²) < 4.78 is 16.9. The van der Waals surface area contributed by atoms with Crippen molar-refractivity contribution in [2.75, 3.05) is 33.9 Å². The van der Waals surface area contributed by atoms with Gasteiger partial charge in [0, 0.05) is 12.1 Å². The van der Waals surface area contributed by atoms with Crippen molar-refractivity contribution in [3.63, 3.8) is 0 Å². The average molecular weight is 370 g/mol. The lowest BCUT2D eigenvalue weighted by Gasteiger charge is -2.26. The molecule has 0 saturated carbocycles. The summed E-state index contributed by atoms with van der Waals surface area (Å²) in [5, 5.41) is 2.92. The molecule has 0 radical (unpaired) electrons. The van der Waals surface area contributed by atoms with E-state index in [2.05, 4.69) is 11.4 Å². The number of nitrogens with one attached hydrogen (secondary N) is 1. The van der Waals surface area contributed by atoms with Crippen molar-refractivity contribution in [2.24, 2.45) is 0 Å². The minimum atomic E-state index is -0.189. The summed E-state index contributed by atoms with van der Waals surface area (Å²) in [6, 6.07) is 13.6. The predicted octanol–water partition coefficient (Wildman–Crippen LogP) is 2.39. The molecule has 6 heteroatoms. The Bertz CT molecular complexity index is 794. The summed E-state index contributed by atoms with van der Waals surface area (Å²) in [6.07, 6.45) is -0.189. The molecule has 2 aromatic rings. The number of ether oxygens (including phenoxy) is 3. The Morgan fingerprint density at radius 2 is 2.04 bits per heavy atom. The zero-order chi connectivity index (χ0) is 19.2. The van der Waals surface area contributed by atoms with E-state index >= 15 is 0 Å². The fourth-order valence-corrected chi connectivity index (χ4v) is 3.07. The van der Waals surface area contributed by atoms with Crippen LogP contribution in [0, 0.1) is 6.92 Å². The highest BCUT2D eigenvalue weighted by atomic mass is 16.6. The third-order valence-corrected chi connectivity index (χ3v) is 4.38. The topological polar surface area (TPSA) is 60.0 Å². The standard InChI is InChI=1S/C21H26N2O4/c1-15-8-9-18(25-3)16(10-15)12-23(2)13-21(24)22-11-17-14-26-19-6-4-5-7-20(19)27-17/h4-10,17H,11-14H2,1-3H3,(H,22,24). The lowest BCUT2D eigenvalue weighted by Crippen LogP contribution is -2.43. The molecule has 0 aromatic heterocycles. The number of carbonyl (C=O) groups is 1. The second-order valence-corrected chi connectivity index (χ2v) is 6.79. The lowest BCUT2D eigenvalue weighted by molar-refractivity contribution is -0.122. The van der Waals surface area contributed by atoms with Gasteiger partial charge in [-0.25, -0.2) is 0 Å². The van der Waals surface area contributed by atoms with Crippen LogP contribution in [-0.2, 0) is 11.3 Å². The number of amides is 1. The summed E-state index contributed by atoms with van der Waals surface area (Å²) >= 11 is 0. The Hall–Kier alpha value is -2.73. The smallest absolute Gasteiger partial charge is 0.234 e. The van der Waals surface area contributed by atoms with Crippen LogP contribution in [-0.4, -0.2) is 50.8 Å². The number of rotatable bonds is 7. The molecular weight excluding hydrogens is 344 g/mol. The molecule has 1 amide bonds. The van der Waals surface area contributed by atoms with E-state index in [4.69, 9.17) is 14.2 Å². The van der Waals surface area contributed by atoms with Crippen molar-refractivity contribution >= 4 is 5.91 Å². The van der Waals surface area contributed by atoms with Gasteiger partial charge in [-0.15, -0.1) is 0 Å². The zero-order valence-electron chi connectivity index (χ0n) is 16.0. The largest absolute Gasteiger partial charge is 0.496 e. The minimum absolute atomic E-state index is 0.0495. The summed E-state index contributed by atoms with van der Waals surface area (Å²) in [5.74, 6) is 2.24. The molecule has 0 fully saturated rings. The SMILES string of the molecule is COc1ccc(C)cc1CN(C)CC(=O)NCC1COc2ccccc2O1. The van der Waals surface area contributed by atoms with Crippen LogP contribution in [0.25, 0.3) is 0 Å². The van der Waals surface area contributed by atoms with Gasteiger partial charge in [0.2, 0.25) is 5.91 Å². The van der Waals surface area contributed by atoms with Gasteiger partial charge in [0.15, 0.2) is 11.5 Å². The molecule has 0 bridgehead atoms. The minimum Gasteiger partial charge on any atom is -0.496 e. The Morgan fingerprint density at radius 3 is 2.81 bits per heavy atom. The van der Waals surface area contributed by atoms with Crippen LogP contribution >= 0.6 is 0 Å². The number of fused-ring (bicyclic) bond motifs is 1. The van der Waals surface area contributed by atoms with Crippen LogP contribution in [0.2, 0.25) is 0 Å². The van der Waals surface area contributed by atoms with Gasteiger partial charge in [0.25, 0.3) is 0 Å². The molecule has 27 heavy (non-hydrogen) atoms. The van der Waals surface area contributed by atoms with Gasteiger partial charge in [-0.3, -0.25) is 9.69 Å². The Labute approximate surface area is 160 Å². The Morgan fingerprint density at radius 1 is 1.26 bits per heavy atom. The number of hydrogen-bond donors (Lipinski definition) is 1. The predicted molar refractivity (Wildman–Crippen MR) is 103 cm³/mol. The number of aryl methyl sites for hydroxylation is 1. The third kappa shape index (κ3) is 5.14. The summed E-state index contributed by atoms with van der Waals surface area (Å²) in [4.78, 5) is 14.2. The first-order valence-corrected chi connectivity index (χ1v) is 9.02. The van der Waals surface area contributed by atoms with Crippen LogP contribution < -0.4 is 19.5 Å². The van der Waals surface area contributed by atoms with Gasteiger partial charge in [-0.1, -0.05) is 29.8 Å². The van der Waals surface area contributed by atoms with Crippen molar-refractivity contribution in [3.05, 3.63) is 53.6 Å². The summed E-state index contributed by atoms with van der Waals surface area (Å²) in [6.45, 7) is 3.80. The normalized spacial score (nSPS) is 15.5. The molecule has 0 spiro atoms. The molecule has 3 rings (SSSR count). The Kier molecular flexibility index (Phi) is 6.19. The summed E-state index contributed by atoms with van der Waals surface area (Å²) in [5.41, 5.74) is 2.23. The molecule has 0 saturated heterocycles. The van der Waals surface area contributed by atoms with Crippen molar-refractivity contribution in [1.29, 1.82) is 0 Å². The van der Waals surface area contributed by atoms with E-state index < -0.39 is 0 Å². The highest BCUT2D eigenvalue weighted by Gasteiger charge is 2.21. The molecule has 6 nitrogen and oxygen atoms in total.